The van der Waals surface area contributed by atoms with Crippen LogP contribution in [-0.4, -0.2) is 37.3 Å². The molecule has 4 aromatic rings. The molecule has 2 aromatic heterocycles. The van der Waals surface area contributed by atoms with Crippen LogP contribution in [-0.2, 0) is 11.3 Å². The van der Waals surface area contributed by atoms with Crippen molar-refractivity contribution in [3.8, 4) is 11.4 Å². The maximum atomic E-state index is 13.3. The summed E-state index contributed by atoms with van der Waals surface area (Å²) < 4.78 is 22.5. The van der Waals surface area contributed by atoms with Crippen molar-refractivity contribution in [3.63, 3.8) is 0 Å². The first-order valence-corrected chi connectivity index (χ1v) is 10.4. The van der Waals surface area contributed by atoms with Gasteiger partial charge in [-0.1, -0.05) is 12.1 Å². The Labute approximate surface area is 189 Å². The Hall–Kier alpha value is -4.27. The van der Waals surface area contributed by atoms with Crippen LogP contribution in [0.5, 0.6) is 5.75 Å². The smallest absolute Gasteiger partial charge is 0.235 e. The van der Waals surface area contributed by atoms with Crippen molar-refractivity contribution in [1.29, 1.82) is 0 Å². The molecular formula is C24H21FN6O2. The SMILES string of the molecule is COc1cc(/C=C/c2nc3n(n2)CCC(=O)N3c2ccc(F)cc2)ccc1-n1cnc(C)c1. The van der Waals surface area contributed by atoms with Gasteiger partial charge in [0.2, 0.25) is 11.9 Å². The van der Waals surface area contributed by atoms with Gasteiger partial charge in [0, 0.05) is 12.6 Å². The molecule has 0 spiro atoms. The minimum Gasteiger partial charge on any atom is -0.495 e. The Bertz CT molecular complexity index is 1360. The third kappa shape index (κ3) is 4.00. The van der Waals surface area contributed by atoms with E-state index in [1.165, 1.54) is 17.0 Å². The van der Waals surface area contributed by atoms with Crippen LogP contribution in [0.4, 0.5) is 16.0 Å². The van der Waals surface area contributed by atoms with Crippen LogP contribution >= 0.6 is 0 Å². The van der Waals surface area contributed by atoms with E-state index in [0.717, 1.165) is 16.9 Å². The number of hydrogen-bond donors (Lipinski definition) is 0. The van der Waals surface area contributed by atoms with Gasteiger partial charge in [0.05, 0.1) is 37.1 Å². The number of methoxy groups -OCH3 is 1. The number of carbonyl (C=O) groups excluding carboxylic acids is 1. The summed E-state index contributed by atoms with van der Waals surface area (Å²) in [6.07, 6.45) is 7.64. The van der Waals surface area contributed by atoms with Crippen LogP contribution in [0.25, 0.3) is 17.8 Å². The molecule has 1 aliphatic rings. The molecule has 2 aromatic carbocycles. The maximum Gasteiger partial charge on any atom is 0.235 e. The highest BCUT2D eigenvalue weighted by atomic mass is 19.1. The molecule has 0 atom stereocenters. The number of ether oxygens (including phenoxy) is 1. The first-order valence-electron chi connectivity index (χ1n) is 10.4. The summed E-state index contributed by atoms with van der Waals surface area (Å²) in [6, 6.07) is 11.6. The molecule has 0 fully saturated rings. The first kappa shape index (κ1) is 20.6. The van der Waals surface area contributed by atoms with Crippen LogP contribution in [0.2, 0.25) is 0 Å². The Balaban J connectivity index is 1.43. The predicted octanol–water partition coefficient (Wildman–Crippen LogP) is 4.16. The number of carbonyl (C=O) groups is 1. The van der Waals surface area contributed by atoms with Crippen molar-refractivity contribution in [3.05, 3.63) is 77.9 Å². The fourth-order valence-electron chi connectivity index (χ4n) is 3.75. The molecule has 0 saturated carbocycles. The third-order valence-electron chi connectivity index (χ3n) is 5.36. The minimum absolute atomic E-state index is 0.105. The van der Waals surface area contributed by atoms with Crippen LogP contribution < -0.4 is 9.64 Å². The van der Waals surface area contributed by atoms with Crippen LogP contribution in [0, 0.1) is 12.7 Å². The van der Waals surface area contributed by atoms with Crippen molar-refractivity contribution < 1.29 is 13.9 Å². The summed E-state index contributed by atoms with van der Waals surface area (Å²) in [7, 11) is 1.63. The van der Waals surface area contributed by atoms with E-state index in [1.54, 1.807) is 36.3 Å². The Morgan fingerprint density at radius 1 is 1.12 bits per heavy atom. The highest BCUT2D eigenvalue weighted by molar-refractivity contribution is 5.99. The summed E-state index contributed by atoms with van der Waals surface area (Å²) in [4.78, 5) is 22.8. The zero-order valence-corrected chi connectivity index (χ0v) is 18.1. The molecule has 0 saturated heterocycles. The number of anilines is 2. The number of benzene rings is 2. The van der Waals surface area contributed by atoms with E-state index in [-0.39, 0.29) is 11.7 Å². The van der Waals surface area contributed by atoms with Crippen LogP contribution in [0.1, 0.15) is 23.5 Å². The number of amides is 1. The summed E-state index contributed by atoms with van der Waals surface area (Å²) >= 11 is 0. The zero-order chi connectivity index (χ0) is 22.9. The van der Waals surface area contributed by atoms with Crippen molar-refractivity contribution in [2.75, 3.05) is 12.0 Å². The standard InChI is InChI=1S/C24H21FN6O2/c1-16-14-29(15-26-16)20-9-3-17(13-21(20)33-2)4-10-22-27-24-30(28-22)12-11-23(32)31(24)19-7-5-18(25)6-8-19/h3-10,13-15H,11-12H2,1-2H3/b10-4+. The normalized spacial score (nSPS) is 13.5. The van der Waals surface area contributed by atoms with Crippen LogP contribution in [0.3, 0.4) is 0 Å². The maximum absolute atomic E-state index is 13.3. The van der Waals surface area contributed by atoms with Gasteiger partial charge in [0.1, 0.15) is 11.6 Å². The molecule has 9 heteroatoms. The summed E-state index contributed by atoms with van der Waals surface area (Å²) in [5, 5.41) is 4.51. The number of halogens is 1. The summed E-state index contributed by atoms with van der Waals surface area (Å²) in [6.45, 7) is 2.38. The lowest BCUT2D eigenvalue weighted by atomic mass is 10.1. The topological polar surface area (TPSA) is 78.1 Å². The largest absolute Gasteiger partial charge is 0.495 e. The number of nitrogens with zero attached hydrogens (tertiary/aromatic N) is 6. The molecule has 166 valence electrons. The first-order chi connectivity index (χ1) is 16.0. The number of rotatable bonds is 5. The van der Waals surface area contributed by atoms with Crippen molar-refractivity contribution >= 4 is 29.7 Å². The molecular weight excluding hydrogens is 423 g/mol. The Morgan fingerprint density at radius 3 is 2.67 bits per heavy atom. The van der Waals surface area contributed by atoms with Gasteiger partial charge in [-0.05, 0) is 55.0 Å². The monoisotopic (exact) mass is 444 g/mol. The second-order valence-electron chi connectivity index (χ2n) is 7.64. The van der Waals surface area contributed by atoms with E-state index in [2.05, 4.69) is 15.1 Å². The number of imidazole rings is 1. The van der Waals surface area contributed by atoms with Gasteiger partial charge in [-0.3, -0.25) is 4.79 Å². The van der Waals surface area contributed by atoms with E-state index < -0.39 is 0 Å². The molecule has 1 amide bonds. The molecule has 0 bridgehead atoms. The molecule has 33 heavy (non-hydrogen) atoms. The second kappa shape index (κ2) is 8.34. The number of hydrogen-bond acceptors (Lipinski definition) is 5. The minimum atomic E-state index is -0.363. The van der Waals surface area contributed by atoms with E-state index in [1.807, 2.05) is 42.0 Å². The lowest BCUT2D eigenvalue weighted by Gasteiger charge is -2.25. The zero-order valence-electron chi connectivity index (χ0n) is 18.1. The molecule has 3 heterocycles. The summed E-state index contributed by atoms with van der Waals surface area (Å²) in [5.41, 5.74) is 3.27. The lowest BCUT2D eigenvalue weighted by molar-refractivity contribution is -0.118. The lowest BCUT2D eigenvalue weighted by Crippen LogP contribution is -2.34. The highest BCUT2D eigenvalue weighted by Gasteiger charge is 2.28. The van der Waals surface area contributed by atoms with Crippen molar-refractivity contribution in [2.45, 2.75) is 19.9 Å². The predicted molar refractivity (Wildman–Crippen MR) is 122 cm³/mol. The molecule has 0 radical (unpaired) electrons. The van der Waals surface area contributed by atoms with Gasteiger partial charge in [0.15, 0.2) is 5.82 Å². The third-order valence-corrected chi connectivity index (χ3v) is 5.36. The van der Waals surface area contributed by atoms with Crippen LogP contribution in [0.15, 0.2) is 55.0 Å². The Morgan fingerprint density at radius 2 is 1.94 bits per heavy atom. The number of aryl methyl sites for hydroxylation is 2. The quantitative estimate of drug-likeness (QED) is 0.462. The van der Waals surface area contributed by atoms with E-state index in [9.17, 15) is 9.18 Å². The van der Waals surface area contributed by atoms with Gasteiger partial charge >= 0.3 is 0 Å². The Kier molecular flexibility index (Phi) is 5.21. The van der Waals surface area contributed by atoms with E-state index in [0.29, 0.717) is 36.2 Å². The van der Waals surface area contributed by atoms with E-state index in [4.69, 9.17) is 4.74 Å². The average Bonchev–Trinajstić information content (AvgIpc) is 3.44. The summed E-state index contributed by atoms with van der Waals surface area (Å²) in [5.74, 6) is 1.13. The molecule has 0 N–H and O–H groups in total. The second-order valence-corrected chi connectivity index (χ2v) is 7.64. The van der Waals surface area contributed by atoms with Gasteiger partial charge in [-0.25, -0.2) is 19.0 Å². The molecule has 0 aliphatic carbocycles. The number of fused-ring (bicyclic) bond motifs is 1. The molecule has 0 unspecified atom stereocenters. The fourth-order valence-corrected chi connectivity index (χ4v) is 3.75. The van der Waals surface area contributed by atoms with Crippen molar-refractivity contribution in [1.82, 2.24) is 24.3 Å². The van der Waals surface area contributed by atoms with Gasteiger partial charge in [-0.15, -0.1) is 5.10 Å². The van der Waals surface area contributed by atoms with Gasteiger partial charge < -0.3 is 9.30 Å². The molecule has 8 nitrogen and oxygen atoms in total. The highest BCUT2D eigenvalue weighted by Crippen LogP contribution is 2.29. The number of aromatic nitrogens is 5. The molecule has 1 aliphatic heterocycles. The van der Waals surface area contributed by atoms with Crippen molar-refractivity contribution in [2.24, 2.45) is 0 Å². The van der Waals surface area contributed by atoms with Gasteiger partial charge in [0.25, 0.3) is 0 Å². The average molecular weight is 444 g/mol. The van der Waals surface area contributed by atoms with E-state index >= 15 is 0 Å². The van der Waals surface area contributed by atoms with Gasteiger partial charge in [-0.2, -0.15) is 4.98 Å². The fraction of sp³-hybridized carbons (Fsp3) is 0.167. The molecule has 5 rings (SSSR count).